The molecule has 1 aliphatic rings. The summed E-state index contributed by atoms with van der Waals surface area (Å²) in [5.41, 5.74) is 0. The van der Waals surface area contributed by atoms with Gasteiger partial charge in [-0.3, -0.25) is 4.79 Å². The van der Waals surface area contributed by atoms with Crippen LogP contribution < -0.4 is 0 Å². The van der Waals surface area contributed by atoms with Gasteiger partial charge in [-0.25, -0.2) is 0 Å². The van der Waals surface area contributed by atoms with Crippen molar-refractivity contribution in [2.45, 2.75) is 25.8 Å². The predicted octanol–water partition coefficient (Wildman–Crippen LogP) is 2.52. The van der Waals surface area contributed by atoms with Crippen molar-refractivity contribution in [2.75, 3.05) is 20.3 Å². The van der Waals surface area contributed by atoms with E-state index in [2.05, 4.69) is 11.4 Å². The van der Waals surface area contributed by atoms with Gasteiger partial charge in [-0.1, -0.05) is 12.5 Å². The van der Waals surface area contributed by atoms with Gasteiger partial charge in [0, 0.05) is 24.4 Å². The average Bonchev–Trinajstić information content (AvgIpc) is 2.74. The fourth-order valence-electron chi connectivity index (χ4n) is 1.97. The van der Waals surface area contributed by atoms with Crippen LogP contribution in [0.25, 0.3) is 0 Å². The first kappa shape index (κ1) is 12.6. The fraction of sp³-hybridized carbons (Fsp3) is 0.615. The molecule has 0 unspecified atom stereocenters. The molecule has 1 aromatic heterocycles. The van der Waals surface area contributed by atoms with E-state index in [0.717, 1.165) is 19.4 Å². The first-order valence-electron chi connectivity index (χ1n) is 6.11. The molecule has 0 N–H and O–H groups in total. The normalized spacial score (nSPS) is 15.6. The minimum absolute atomic E-state index is 0.270. The zero-order chi connectivity index (χ0) is 12.1. The summed E-state index contributed by atoms with van der Waals surface area (Å²) in [7, 11) is 1.68. The number of rotatable bonds is 6. The van der Waals surface area contributed by atoms with Crippen LogP contribution in [0.3, 0.4) is 0 Å². The van der Waals surface area contributed by atoms with Gasteiger partial charge in [0.05, 0.1) is 13.2 Å². The van der Waals surface area contributed by atoms with Crippen molar-refractivity contribution in [2.24, 2.45) is 5.92 Å². The minimum atomic E-state index is 0.270. The molecule has 0 aliphatic heterocycles. The number of carbonyl (C=O) groups is 1. The van der Waals surface area contributed by atoms with Crippen molar-refractivity contribution in [1.29, 1.82) is 0 Å². The van der Waals surface area contributed by atoms with Crippen LogP contribution in [0, 0.1) is 5.92 Å². The summed E-state index contributed by atoms with van der Waals surface area (Å²) in [4.78, 5) is 15.4. The summed E-state index contributed by atoms with van der Waals surface area (Å²) >= 11 is 1.70. The van der Waals surface area contributed by atoms with Crippen molar-refractivity contribution in [1.82, 2.24) is 4.90 Å². The second-order valence-electron chi connectivity index (χ2n) is 4.46. The molecule has 4 heteroatoms. The molecule has 1 saturated carbocycles. The lowest BCUT2D eigenvalue weighted by Crippen LogP contribution is -2.40. The van der Waals surface area contributed by atoms with Crippen LogP contribution in [0.2, 0.25) is 0 Å². The first-order valence-corrected chi connectivity index (χ1v) is 6.99. The second-order valence-corrected chi connectivity index (χ2v) is 5.49. The van der Waals surface area contributed by atoms with E-state index in [0.29, 0.717) is 19.1 Å². The minimum Gasteiger partial charge on any atom is -0.383 e. The van der Waals surface area contributed by atoms with Crippen LogP contribution in [0.4, 0.5) is 0 Å². The number of methoxy groups -OCH3 is 1. The summed E-state index contributed by atoms with van der Waals surface area (Å²) in [5.74, 6) is 0.577. The summed E-state index contributed by atoms with van der Waals surface area (Å²) < 4.78 is 5.08. The third-order valence-electron chi connectivity index (χ3n) is 3.26. The monoisotopic (exact) mass is 253 g/mol. The van der Waals surface area contributed by atoms with Crippen LogP contribution in [0.5, 0.6) is 0 Å². The highest BCUT2D eigenvalue weighted by Gasteiger charge is 2.29. The van der Waals surface area contributed by atoms with Crippen molar-refractivity contribution >= 4 is 17.2 Å². The lowest BCUT2D eigenvalue weighted by Gasteiger charge is -2.31. The molecule has 2 rings (SSSR count). The Morgan fingerprint density at radius 3 is 2.94 bits per heavy atom. The Balaban J connectivity index is 1.94. The molecule has 1 aromatic rings. The summed E-state index contributed by atoms with van der Waals surface area (Å²) in [5, 5.41) is 2.05. The molecule has 3 nitrogen and oxygen atoms in total. The van der Waals surface area contributed by atoms with E-state index in [1.807, 2.05) is 11.0 Å². The number of hydrogen-bond donors (Lipinski definition) is 0. The molecule has 1 heterocycles. The summed E-state index contributed by atoms with van der Waals surface area (Å²) in [6.45, 7) is 2.05. The number of thiophene rings is 1. The first-order chi connectivity index (χ1) is 8.31. The molecular formula is C13H19NO2S. The molecule has 1 amide bonds. The molecule has 0 saturated heterocycles. The molecule has 0 aromatic carbocycles. The Kier molecular flexibility index (Phi) is 4.57. The summed E-state index contributed by atoms with van der Waals surface area (Å²) in [6, 6.07) is 4.11. The number of carbonyl (C=O) groups excluding carboxylic acids is 1. The number of amides is 1. The smallest absolute Gasteiger partial charge is 0.226 e. The lowest BCUT2D eigenvalue weighted by molar-refractivity contribution is -0.139. The van der Waals surface area contributed by atoms with Crippen LogP contribution in [-0.4, -0.2) is 31.1 Å². The van der Waals surface area contributed by atoms with E-state index in [-0.39, 0.29) is 5.92 Å². The van der Waals surface area contributed by atoms with E-state index in [9.17, 15) is 4.79 Å². The zero-order valence-corrected chi connectivity index (χ0v) is 11.0. The Morgan fingerprint density at radius 1 is 1.59 bits per heavy atom. The summed E-state index contributed by atoms with van der Waals surface area (Å²) in [6.07, 6.45) is 3.33. The SMILES string of the molecule is COCCN(Cc1cccs1)C(=O)C1CCC1. The average molecular weight is 253 g/mol. The quantitative estimate of drug-likeness (QED) is 0.779. The van der Waals surface area contributed by atoms with Gasteiger partial charge in [0.15, 0.2) is 0 Å². The van der Waals surface area contributed by atoms with Crippen molar-refractivity contribution in [3.8, 4) is 0 Å². The van der Waals surface area contributed by atoms with Crippen molar-refractivity contribution in [3.63, 3.8) is 0 Å². The van der Waals surface area contributed by atoms with Crippen LogP contribution >= 0.6 is 11.3 Å². The van der Waals surface area contributed by atoms with Crippen LogP contribution in [0.1, 0.15) is 24.1 Å². The van der Waals surface area contributed by atoms with Gasteiger partial charge in [-0.15, -0.1) is 11.3 Å². The molecule has 1 aliphatic carbocycles. The highest BCUT2D eigenvalue weighted by molar-refractivity contribution is 7.09. The number of ether oxygens (including phenoxy) is 1. The number of hydrogen-bond acceptors (Lipinski definition) is 3. The van der Waals surface area contributed by atoms with Gasteiger partial charge in [0.2, 0.25) is 5.91 Å². The van der Waals surface area contributed by atoms with Gasteiger partial charge in [-0.2, -0.15) is 0 Å². The third kappa shape index (κ3) is 3.30. The molecule has 0 spiro atoms. The van der Waals surface area contributed by atoms with E-state index >= 15 is 0 Å². The molecule has 0 bridgehead atoms. The Bertz CT molecular complexity index is 346. The van der Waals surface area contributed by atoms with Crippen LogP contribution in [0.15, 0.2) is 17.5 Å². The highest BCUT2D eigenvalue weighted by atomic mass is 32.1. The Hall–Kier alpha value is -0.870. The molecule has 0 atom stereocenters. The second kappa shape index (κ2) is 6.17. The molecule has 0 radical (unpaired) electrons. The van der Waals surface area contributed by atoms with E-state index < -0.39 is 0 Å². The van der Waals surface area contributed by atoms with Gasteiger partial charge in [0.25, 0.3) is 0 Å². The maximum absolute atomic E-state index is 12.2. The molecule has 1 fully saturated rings. The maximum Gasteiger partial charge on any atom is 0.226 e. The van der Waals surface area contributed by atoms with Crippen LogP contribution in [-0.2, 0) is 16.1 Å². The van der Waals surface area contributed by atoms with Crippen molar-refractivity contribution in [3.05, 3.63) is 22.4 Å². The van der Waals surface area contributed by atoms with E-state index in [4.69, 9.17) is 4.74 Å². The number of nitrogens with zero attached hydrogens (tertiary/aromatic N) is 1. The molecule has 94 valence electrons. The predicted molar refractivity (Wildman–Crippen MR) is 69.0 cm³/mol. The standard InChI is InChI=1S/C13H19NO2S/c1-16-8-7-14(10-12-6-3-9-17-12)13(15)11-4-2-5-11/h3,6,9,11H,2,4-5,7-8,10H2,1H3. The maximum atomic E-state index is 12.2. The topological polar surface area (TPSA) is 29.5 Å². The molecule has 17 heavy (non-hydrogen) atoms. The Labute approximate surface area is 106 Å². The molecular weight excluding hydrogens is 234 g/mol. The third-order valence-corrected chi connectivity index (χ3v) is 4.12. The van der Waals surface area contributed by atoms with Gasteiger partial charge in [-0.05, 0) is 24.3 Å². The zero-order valence-electron chi connectivity index (χ0n) is 10.2. The highest BCUT2D eigenvalue weighted by Crippen LogP contribution is 2.29. The van der Waals surface area contributed by atoms with Gasteiger partial charge < -0.3 is 9.64 Å². The fourth-order valence-corrected chi connectivity index (χ4v) is 2.69. The van der Waals surface area contributed by atoms with Gasteiger partial charge in [0.1, 0.15) is 0 Å². The lowest BCUT2D eigenvalue weighted by atomic mass is 9.84. The Morgan fingerprint density at radius 2 is 2.41 bits per heavy atom. The largest absolute Gasteiger partial charge is 0.383 e. The van der Waals surface area contributed by atoms with E-state index in [1.165, 1.54) is 11.3 Å². The van der Waals surface area contributed by atoms with E-state index in [1.54, 1.807) is 18.4 Å². The van der Waals surface area contributed by atoms with Gasteiger partial charge >= 0.3 is 0 Å². The van der Waals surface area contributed by atoms with Crippen molar-refractivity contribution < 1.29 is 9.53 Å².